The molecule has 0 aromatic heterocycles. The molecule has 4 heteroatoms. The fourth-order valence-corrected chi connectivity index (χ4v) is 2.18. The Kier molecular flexibility index (Phi) is 4.35. The van der Waals surface area contributed by atoms with E-state index in [4.69, 9.17) is 4.74 Å². The van der Waals surface area contributed by atoms with Crippen molar-refractivity contribution in [2.75, 3.05) is 7.11 Å². The molecule has 0 spiro atoms. The zero-order valence-corrected chi connectivity index (χ0v) is 11.4. The molecule has 0 fully saturated rings. The molecule has 0 saturated carbocycles. The molecule has 0 heterocycles. The molecule has 0 radical (unpaired) electrons. The quantitative estimate of drug-likeness (QED) is 0.926. The van der Waals surface area contributed by atoms with Crippen molar-refractivity contribution in [3.05, 3.63) is 64.7 Å². The van der Waals surface area contributed by atoms with Crippen LogP contribution >= 0.6 is 0 Å². The minimum Gasteiger partial charge on any atom is -0.497 e. The van der Waals surface area contributed by atoms with Crippen LogP contribution in [0.2, 0.25) is 0 Å². The normalized spacial score (nSPS) is 12.2. The van der Waals surface area contributed by atoms with E-state index in [-0.39, 0.29) is 12.0 Å². The topological polar surface area (TPSA) is 29.5 Å². The zero-order valence-electron chi connectivity index (χ0n) is 11.4. The first-order chi connectivity index (χ1) is 9.52. The summed E-state index contributed by atoms with van der Waals surface area (Å²) in [7, 11) is 1.56. The standard InChI is InChI=1S/C16H16F2O2/c1-10-8-11(20-2)6-7-12(10)16(19)9-13-14(17)4-3-5-15(13)18/h3-8,16,19H,9H2,1-2H3. The van der Waals surface area contributed by atoms with Crippen LogP contribution in [0.3, 0.4) is 0 Å². The molecule has 0 aliphatic rings. The maximum atomic E-state index is 13.6. The van der Waals surface area contributed by atoms with Gasteiger partial charge in [-0.25, -0.2) is 8.78 Å². The second-order valence-corrected chi connectivity index (χ2v) is 4.64. The predicted molar refractivity (Wildman–Crippen MR) is 72.8 cm³/mol. The van der Waals surface area contributed by atoms with Crippen LogP contribution < -0.4 is 4.74 Å². The maximum Gasteiger partial charge on any atom is 0.129 e. The highest BCUT2D eigenvalue weighted by molar-refractivity contribution is 5.37. The van der Waals surface area contributed by atoms with Crippen LogP contribution in [0.1, 0.15) is 22.8 Å². The van der Waals surface area contributed by atoms with Gasteiger partial charge in [-0.05, 0) is 42.3 Å². The van der Waals surface area contributed by atoms with Gasteiger partial charge in [-0.2, -0.15) is 0 Å². The van der Waals surface area contributed by atoms with E-state index in [2.05, 4.69) is 0 Å². The highest BCUT2D eigenvalue weighted by atomic mass is 19.1. The fourth-order valence-electron chi connectivity index (χ4n) is 2.18. The Hall–Kier alpha value is -1.94. The molecule has 1 atom stereocenters. The number of benzene rings is 2. The molecule has 0 bridgehead atoms. The lowest BCUT2D eigenvalue weighted by Gasteiger charge is -2.15. The zero-order chi connectivity index (χ0) is 14.7. The number of aryl methyl sites for hydroxylation is 1. The number of halogens is 2. The molecule has 20 heavy (non-hydrogen) atoms. The van der Waals surface area contributed by atoms with E-state index in [0.29, 0.717) is 11.3 Å². The van der Waals surface area contributed by atoms with Crippen LogP contribution in [0.25, 0.3) is 0 Å². The van der Waals surface area contributed by atoms with Crippen molar-refractivity contribution in [1.29, 1.82) is 0 Å². The smallest absolute Gasteiger partial charge is 0.129 e. The highest BCUT2D eigenvalue weighted by Gasteiger charge is 2.17. The SMILES string of the molecule is COc1ccc(C(O)Cc2c(F)cccc2F)c(C)c1. The third kappa shape index (κ3) is 2.96. The largest absolute Gasteiger partial charge is 0.497 e. The molecule has 0 amide bonds. The molecule has 2 aromatic carbocycles. The van der Waals surface area contributed by atoms with Gasteiger partial charge in [0.2, 0.25) is 0 Å². The first-order valence-corrected chi connectivity index (χ1v) is 6.28. The molecule has 2 aromatic rings. The second kappa shape index (κ2) is 6.01. The summed E-state index contributed by atoms with van der Waals surface area (Å²) in [6, 6.07) is 8.87. The van der Waals surface area contributed by atoms with E-state index >= 15 is 0 Å². The van der Waals surface area contributed by atoms with E-state index in [1.807, 2.05) is 6.92 Å². The van der Waals surface area contributed by atoms with Crippen molar-refractivity contribution in [2.45, 2.75) is 19.4 Å². The Morgan fingerprint density at radius 3 is 2.35 bits per heavy atom. The van der Waals surface area contributed by atoms with E-state index in [0.717, 1.165) is 5.56 Å². The van der Waals surface area contributed by atoms with Gasteiger partial charge in [-0.1, -0.05) is 12.1 Å². The molecular weight excluding hydrogens is 262 g/mol. The average molecular weight is 278 g/mol. The number of hydrogen-bond donors (Lipinski definition) is 1. The molecule has 0 aliphatic carbocycles. The van der Waals surface area contributed by atoms with Crippen LogP contribution in [-0.2, 0) is 6.42 Å². The molecule has 2 rings (SSSR count). The third-order valence-electron chi connectivity index (χ3n) is 3.30. The summed E-state index contributed by atoms with van der Waals surface area (Å²) >= 11 is 0. The van der Waals surface area contributed by atoms with Gasteiger partial charge in [0.15, 0.2) is 0 Å². The first-order valence-electron chi connectivity index (χ1n) is 6.28. The minimum absolute atomic E-state index is 0.102. The summed E-state index contributed by atoms with van der Waals surface area (Å²) in [5.74, 6) is -0.610. The Morgan fingerprint density at radius 2 is 1.80 bits per heavy atom. The lowest BCUT2D eigenvalue weighted by Crippen LogP contribution is -2.07. The molecule has 0 saturated heterocycles. The number of ether oxygens (including phenoxy) is 1. The van der Waals surface area contributed by atoms with Gasteiger partial charge in [-0.3, -0.25) is 0 Å². The van der Waals surface area contributed by atoms with Crippen LogP contribution in [0, 0.1) is 18.6 Å². The summed E-state index contributed by atoms with van der Waals surface area (Å²) in [5, 5.41) is 10.2. The van der Waals surface area contributed by atoms with E-state index in [9.17, 15) is 13.9 Å². The summed E-state index contributed by atoms with van der Waals surface area (Å²) in [6.07, 6.45) is -1.07. The molecule has 2 nitrogen and oxygen atoms in total. The third-order valence-corrected chi connectivity index (χ3v) is 3.30. The molecule has 0 aliphatic heterocycles. The molecular formula is C16H16F2O2. The number of aliphatic hydroxyl groups excluding tert-OH is 1. The lowest BCUT2D eigenvalue weighted by atomic mass is 9.97. The van der Waals surface area contributed by atoms with Crippen molar-refractivity contribution in [2.24, 2.45) is 0 Å². The number of rotatable bonds is 4. The fraction of sp³-hybridized carbons (Fsp3) is 0.250. The van der Waals surface area contributed by atoms with Crippen molar-refractivity contribution in [1.82, 2.24) is 0 Å². The second-order valence-electron chi connectivity index (χ2n) is 4.64. The number of methoxy groups -OCH3 is 1. The summed E-state index contributed by atoms with van der Waals surface area (Å²) < 4.78 is 32.2. The Labute approximate surface area is 116 Å². The van der Waals surface area contributed by atoms with Gasteiger partial charge >= 0.3 is 0 Å². The number of hydrogen-bond acceptors (Lipinski definition) is 2. The van der Waals surface area contributed by atoms with Crippen LogP contribution in [-0.4, -0.2) is 12.2 Å². The first kappa shape index (κ1) is 14.5. The van der Waals surface area contributed by atoms with Crippen molar-refractivity contribution >= 4 is 0 Å². The number of aliphatic hydroxyl groups is 1. The maximum absolute atomic E-state index is 13.6. The van der Waals surface area contributed by atoms with Gasteiger partial charge in [0, 0.05) is 12.0 Å². The van der Waals surface area contributed by atoms with Crippen LogP contribution in [0.4, 0.5) is 8.78 Å². The summed E-state index contributed by atoms with van der Waals surface area (Å²) in [5.41, 5.74) is 1.34. The Morgan fingerprint density at radius 1 is 1.15 bits per heavy atom. The van der Waals surface area contributed by atoms with E-state index in [1.165, 1.54) is 18.2 Å². The minimum atomic E-state index is -0.965. The van der Waals surface area contributed by atoms with E-state index < -0.39 is 17.7 Å². The molecule has 106 valence electrons. The van der Waals surface area contributed by atoms with Gasteiger partial charge in [0.25, 0.3) is 0 Å². The Balaban J connectivity index is 2.26. The Bertz CT molecular complexity index is 591. The van der Waals surface area contributed by atoms with Gasteiger partial charge in [-0.15, -0.1) is 0 Å². The summed E-state index contributed by atoms with van der Waals surface area (Å²) in [6.45, 7) is 1.82. The molecule has 1 N–H and O–H groups in total. The van der Waals surface area contributed by atoms with E-state index in [1.54, 1.807) is 25.3 Å². The average Bonchev–Trinajstić information content (AvgIpc) is 2.42. The monoisotopic (exact) mass is 278 g/mol. The van der Waals surface area contributed by atoms with Gasteiger partial charge < -0.3 is 9.84 Å². The summed E-state index contributed by atoms with van der Waals surface area (Å²) in [4.78, 5) is 0. The van der Waals surface area contributed by atoms with Gasteiger partial charge in [0.05, 0.1) is 13.2 Å². The lowest BCUT2D eigenvalue weighted by molar-refractivity contribution is 0.175. The van der Waals surface area contributed by atoms with Crippen LogP contribution in [0.15, 0.2) is 36.4 Å². The van der Waals surface area contributed by atoms with Crippen molar-refractivity contribution in [3.8, 4) is 5.75 Å². The van der Waals surface area contributed by atoms with Crippen molar-refractivity contribution in [3.63, 3.8) is 0 Å². The van der Waals surface area contributed by atoms with Crippen LogP contribution in [0.5, 0.6) is 5.75 Å². The van der Waals surface area contributed by atoms with Crippen molar-refractivity contribution < 1.29 is 18.6 Å². The predicted octanol–water partition coefficient (Wildman–Crippen LogP) is 3.56. The highest BCUT2D eigenvalue weighted by Crippen LogP contribution is 2.26. The molecule has 1 unspecified atom stereocenters. The van der Waals surface area contributed by atoms with Gasteiger partial charge in [0.1, 0.15) is 17.4 Å².